The largest absolute Gasteiger partial charge is 0.468 e. The third kappa shape index (κ3) is 3.42. The molecule has 1 fully saturated rings. The second kappa shape index (κ2) is 5.83. The summed E-state index contributed by atoms with van der Waals surface area (Å²) in [6, 6.07) is -0.198. The van der Waals surface area contributed by atoms with Crippen molar-refractivity contribution >= 4 is 5.97 Å². The van der Waals surface area contributed by atoms with Crippen LogP contribution in [0.25, 0.3) is 0 Å². The number of unbranched alkanes of at least 4 members (excludes halogenated alkanes) is 1. The molecule has 100 valence electrons. The molecule has 0 aromatic rings. The van der Waals surface area contributed by atoms with Gasteiger partial charge in [-0.2, -0.15) is 0 Å². The highest BCUT2D eigenvalue weighted by molar-refractivity contribution is 5.75. The molecule has 4 nitrogen and oxygen atoms in total. The molecule has 0 bridgehead atoms. The summed E-state index contributed by atoms with van der Waals surface area (Å²) in [5.41, 5.74) is -0.140. The van der Waals surface area contributed by atoms with Gasteiger partial charge in [-0.15, -0.1) is 0 Å². The molecular weight excluding hydrogens is 218 g/mol. The van der Waals surface area contributed by atoms with Gasteiger partial charge in [0.25, 0.3) is 0 Å². The number of carbonyl (C=O) groups is 1. The molecule has 0 spiro atoms. The molecule has 17 heavy (non-hydrogen) atoms. The first-order valence-electron chi connectivity index (χ1n) is 6.42. The Morgan fingerprint density at radius 3 is 2.65 bits per heavy atom. The van der Waals surface area contributed by atoms with Crippen LogP contribution in [0.4, 0.5) is 0 Å². The highest BCUT2D eigenvalue weighted by atomic mass is 16.5. The molecule has 0 radical (unpaired) electrons. The molecule has 0 saturated carbocycles. The van der Waals surface area contributed by atoms with E-state index < -0.39 is 0 Å². The Hall–Kier alpha value is -0.610. The van der Waals surface area contributed by atoms with E-state index in [1.54, 1.807) is 0 Å². The van der Waals surface area contributed by atoms with Crippen molar-refractivity contribution in [1.29, 1.82) is 0 Å². The van der Waals surface area contributed by atoms with Crippen molar-refractivity contribution < 1.29 is 14.6 Å². The van der Waals surface area contributed by atoms with Crippen molar-refractivity contribution in [2.75, 3.05) is 20.2 Å². The standard InChI is InChI=1S/C13H25NO3/c1-5-6-7-10(12(16)17-4)14-8-11(15)13(2,3)9-14/h10-11,15H,5-9H2,1-4H3/t10-,11-/m0/s1. The van der Waals surface area contributed by atoms with Crippen molar-refractivity contribution in [3.05, 3.63) is 0 Å². The first kappa shape index (κ1) is 14.5. The molecule has 0 aromatic carbocycles. The van der Waals surface area contributed by atoms with Crippen LogP contribution >= 0.6 is 0 Å². The zero-order chi connectivity index (χ0) is 13.1. The molecule has 1 aliphatic heterocycles. The van der Waals surface area contributed by atoms with Gasteiger partial charge in [0, 0.05) is 18.5 Å². The minimum absolute atomic E-state index is 0.140. The lowest BCUT2D eigenvalue weighted by atomic mass is 9.90. The molecule has 0 amide bonds. The van der Waals surface area contributed by atoms with E-state index in [1.807, 2.05) is 13.8 Å². The molecule has 1 heterocycles. The second-order valence-electron chi connectivity index (χ2n) is 5.62. The Morgan fingerprint density at radius 1 is 1.59 bits per heavy atom. The van der Waals surface area contributed by atoms with E-state index in [0.29, 0.717) is 6.54 Å². The highest BCUT2D eigenvalue weighted by Crippen LogP contribution is 2.31. The molecule has 4 heteroatoms. The zero-order valence-corrected chi connectivity index (χ0v) is 11.4. The first-order chi connectivity index (χ1) is 7.92. The maximum absolute atomic E-state index is 11.8. The van der Waals surface area contributed by atoms with Crippen molar-refractivity contribution in [3.8, 4) is 0 Å². The van der Waals surface area contributed by atoms with E-state index in [1.165, 1.54) is 7.11 Å². The van der Waals surface area contributed by atoms with Gasteiger partial charge < -0.3 is 9.84 Å². The number of ether oxygens (including phenoxy) is 1. The maximum Gasteiger partial charge on any atom is 0.323 e. The molecule has 2 atom stereocenters. The lowest BCUT2D eigenvalue weighted by Gasteiger charge is -2.26. The van der Waals surface area contributed by atoms with Crippen molar-refractivity contribution in [2.24, 2.45) is 5.41 Å². The molecular formula is C13H25NO3. The van der Waals surface area contributed by atoms with Crippen molar-refractivity contribution in [2.45, 2.75) is 52.2 Å². The summed E-state index contributed by atoms with van der Waals surface area (Å²) in [7, 11) is 1.43. The predicted octanol–water partition coefficient (Wildman–Crippen LogP) is 1.42. The fourth-order valence-electron chi connectivity index (χ4n) is 2.38. The maximum atomic E-state index is 11.8. The first-order valence-corrected chi connectivity index (χ1v) is 6.42. The predicted molar refractivity (Wildman–Crippen MR) is 66.7 cm³/mol. The van der Waals surface area contributed by atoms with E-state index in [9.17, 15) is 9.90 Å². The topological polar surface area (TPSA) is 49.8 Å². The van der Waals surface area contributed by atoms with E-state index in [0.717, 1.165) is 25.8 Å². The van der Waals surface area contributed by atoms with Gasteiger partial charge in [0.1, 0.15) is 6.04 Å². The third-order valence-corrected chi connectivity index (χ3v) is 3.67. The average molecular weight is 243 g/mol. The van der Waals surface area contributed by atoms with Crippen LogP contribution in [0.1, 0.15) is 40.0 Å². The van der Waals surface area contributed by atoms with Gasteiger partial charge in [0.2, 0.25) is 0 Å². The number of hydrogen-bond donors (Lipinski definition) is 1. The lowest BCUT2D eigenvalue weighted by Crippen LogP contribution is -2.41. The van der Waals surface area contributed by atoms with Crippen LogP contribution in [0.2, 0.25) is 0 Å². The number of methoxy groups -OCH3 is 1. The van der Waals surface area contributed by atoms with Gasteiger partial charge in [-0.3, -0.25) is 9.69 Å². The summed E-state index contributed by atoms with van der Waals surface area (Å²) in [6.07, 6.45) is 2.52. The Labute approximate surface area is 104 Å². The lowest BCUT2D eigenvalue weighted by molar-refractivity contribution is -0.147. The van der Waals surface area contributed by atoms with Crippen LogP contribution in [-0.2, 0) is 9.53 Å². The van der Waals surface area contributed by atoms with Crippen molar-refractivity contribution in [1.82, 2.24) is 4.90 Å². The van der Waals surface area contributed by atoms with Gasteiger partial charge in [-0.1, -0.05) is 33.6 Å². The van der Waals surface area contributed by atoms with Crippen LogP contribution < -0.4 is 0 Å². The smallest absolute Gasteiger partial charge is 0.323 e. The van der Waals surface area contributed by atoms with Crippen molar-refractivity contribution in [3.63, 3.8) is 0 Å². The van der Waals surface area contributed by atoms with Gasteiger partial charge in [-0.25, -0.2) is 0 Å². The summed E-state index contributed by atoms with van der Waals surface area (Å²) >= 11 is 0. The summed E-state index contributed by atoms with van der Waals surface area (Å²) in [6.45, 7) is 7.49. The van der Waals surface area contributed by atoms with Gasteiger partial charge in [0.15, 0.2) is 0 Å². The summed E-state index contributed by atoms with van der Waals surface area (Å²) in [4.78, 5) is 13.8. The Bertz CT molecular complexity index is 265. The van der Waals surface area contributed by atoms with E-state index in [2.05, 4.69) is 11.8 Å². The fourth-order valence-corrected chi connectivity index (χ4v) is 2.38. The van der Waals surface area contributed by atoms with Crippen LogP contribution in [0, 0.1) is 5.41 Å². The van der Waals surface area contributed by atoms with Crippen LogP contribution in [0.5, 0.6) is 0 Å². The number of aliphatic hydroxyl groups is 1. The van der Waals surface area contributed by atoms with E-state index >= 15 is 0 Å². The van der Waals surface area contributed by atoms with E-state index in [4.69, 9.17) is 4.74 Å². The minimum atomic E-state index is -0.365. The molecule has 1 rings (SSSR count). The second-order valence-corrected chi connectivity index (χ2v) is 5.62. The highest BCUT2D eigenvalue weighted by Gasteiger charge is 2.42. The fraction of sp³-hybridized carbons (Fsp3) is 0.923. The van der Waals surface area contributed by atoms with E-state index in [-0.39, 0.29) is 23.5 Å². The third-order valence-electron chi connectivity index (χ3n) is 3.67. The van der Waals surface area contributed by atoms with Crippen LogP contribution in [-0.4, -0.2) is 48.3 Å². The number of aliphatic hydroxyl groups excluding tert-OH is 1. The minimum Gasteiger partial charge on any atom is -0.468 e. The SMILES string of the molecule is CCCC[C@@H](C(=O)OC)N1C[C@H](O)C(C)(C)C1. The molecule has 0 aliphatic carbocycles. The van der Waals surface area contributed by atoms with Gasteiger partial charge >= 0.3 is 5.97 Å². The number of β-amino-alcohol motifs (C(OH)–C–C–N with tert-alkyl or cyclic N) is 1. The summed E-state index contributed by atoms with van der Waals surface area (Å²) in [5, 5.41) is 9.96. The normalized spacial score (nSPS) is 25.8. The average Bonchev–Trinajstić information content (AvgIpc) is 2.53. The Kier molecular flexibility index (Phi) is 4.95. The Morgan fingerprint density at radius 2 is 2.24 bits per heavy atom. The number of likely N-dealkylation sites (tertiary alicyclic amines) is 1. The number of carbonyl (C=O) groups excluding carboxylic acids is 1. The van der Waals surface area contributed by atoms with Crippen LogP contribution in [0.15, 0.2) is 0 Å². The monoisotopic (exact) mass is 243 g/mol. The van der Waals surface area contributed by atoms with Gasteiger partial charge in [0.05, 0.1) is 13.2 Å². The number of nitrogens with zero attached hydrogens (tertiary/aromatic N) is 1. The quantitative estimate of drug-likeness (QED) is 0.742. The van der Waals surface area contributed by atoms with Crippen LogP contribution in [0.3, 0.4) is 0 Å². The molecule has 1 aliphatic rings. The number of hydrogen-bond acceptors (Lipinski definition) is 4. The number of esters is 1. The Balaban J connectivity index is 2.68. The zero-order valence-electron chi connectivity index (χ0n) is 11.4. The number of rotatable bonds is 5. The molecule has 1 saturated heterocycles. The summed E-state index contributed by atoms with van der Waals surface area (Å²) < 4.78 is 4.86. The summed E-state index contributed by atoms with van der Waals surface area (Å²) in [5.74, 6) is -0.177. The molecule has 0 aromatic heterocycles. The van der Waals surface area contributed by atoms with Gasteiger partial charge in [-0.05, 0) is 6.42 Å². The molecule has 1 N–H and O–H groups in total. The molecule has 0 unspecified atom stereocenters.